The zero-order valence-corrected chi connectivity index (χ0v) is 15.7. The summed E-state index contributed by atoms with van der Waals surface area (Å²) >= 11 is 0. The normalized spacial score (nSPS) is 21.6. The average molecular weight is 358 g/mol. The Bertz CT molecular complexity index is 787. The van der Waals surface area contributed by atoms with Gasteiger partial charge in [0.1, 0.15) is 0 Å². The summed E-state index contributed by atoms with van der Waals surface area (Å²) in [5, 5.41) is 9.25. The number of morpholine rings is 1. The first kappa shape index (κ1) is 18.4. The highest BCUT2D eigenvalue weighted by molar-refractivity contribution is 5.81. The predicted molar refractivity (Wildman–Crippen MR) is 102 cm³/mol. The molecule has 3 unspecified atom stereocenters. The van der Waals surface area contributed by atoms with Crippen molar-refractivity contribution in [2.75, 3.05) is 36.5 Å². The van der Waals surface area contributed by atoms with Gasteiger partial charge < -0.3 is 19.6 Å². The molecule has 2 aromatic rings. The van der Waals surface area contributed by atoms with E-state index in [-0.39, 0.29) is 12.2 Å². The van der Waals surface area contributed by atoms with Crippen LogP contribution in [0.25, 0.3) is 11.0 Å². The maximum atomic E-state index is 11.3. The quantitative estimate of drug-likeness (QED) is 0.879. The number of carboxylic acids is 1. The summed E-state index contributed by atoms with van der Waals surface area (Å²) in [6, 6.07) is 7.75. The monoisotopic (exact) mass is 358 g/mol. The summed E-state index contributed by atoms with van der Waals surface area (Å²) in [5.74, 6) is 0.174. The number of aromatic nitrogens is 2. The lowest BCUT2D eigenvalue weighted by molar-refractivity contribution is -0.140. The minimum atomic E-state index is -0.819. The molecule has 26 heavy (non-hydrogen) atoms. The van der Waals surface area contributed by atoms with Crippen LogP contribution in [0, 0.1) is 5.92 Å². The number of carbonyl (C=O) groups is 1. The highest BCUT2D eigenvalue weighted by Crippen LogP contribution is 2.30. The van der Waals surface area contributed by atoms with Crippen molar-refractivity contribution in [3.63, 3.8) is 0 Å². The van der Waals surface area contributed by atoms with E-state index >= 15 is 0 Å². The van der Waals surface area contributed by atoms with E-state index in [0.29, 0.717) is 12.4 Å². The molecule has 7 heteroatoms. The van der Waals surface area contributed by atoms with Crippen molar-refractivity contribution in [3.8, 4) is 0 Å². The Balaban J connectivity index is 2.02. The fourth-order valence-corrected chi connectivity index (χ4v) is 3.38. The van der Waals surface area contributed by atoms with Crippen molar-refractivity contribution in [1.82, 2.24) is 9.97 Å². The summed E-state index contributed by atoms with van der Waals surface area (Å²) in [6.45, 7) is 7.62. The lowest BCUT2D eigenvalue weighted by Crippen LogP contribution is -2.46. The third-order valence-corrected chi connectivity index (χ3v) is 4.58. The van der Waals surface area contributed by atoms with Crippen LogP contribution >= 0.6 is 0 Å². The van der Waals surface area contributed by atoms with Crippen LogP contribution in [-0.2, 0) is 9.53 Å². The first-order chi connectivity index (χ1) is 12.3. The summed E-state index contributed by atoms with van der Waals surface area (Å²) in [4.78, 5) is 25.0. The average Bonchev–Trinajstić information content (AvgIpc) is 2.59. The minimum absolute atomic E-state index is 0.100. The molecule has 7 nitrogen and oxygen atoms in total. The number of hydrogen-bond acceptors (Lipinski definition) is 6. The molecule has 0 aliphatic carbocycles. The van der Waals surface area contributed by atoms with E-state index in [0.717, 1.165) is 29.9 Å². The maximum Gasteiger partial charge on any atom is 0.308 e. The largest absolute Gasteiger partial charge is 0.481 e. The standard InChI is InChI=1S/C19H26N4O3/c1-12(19(24)25)9-22(4)17-18(23-10-13(2)26-14(3)11-23)21-16-8-6-5-7-15(16)20-17/h5-8,12-14H,9-11H2,1-4H3,(H,24,25). The third-order valence-electron chi connectivity index (χ3n) is 4.58. The van der Waals surface area contributed by atoms with E-state index in [1.165, 1.54) is 0 Å². The lowest BCUT2D eigenvalue weighted by atomic mass is 10.1. The third kappa shape index (κ3) is 3.88. The van der Waals surface area contributed by atoms with Crippen LogP contribution in [0.2, 0.25) is 0 Å². The van der Waals surface area contributed by atoms with E-state index < -0.39 is 11.9 Å². The SMILES string of the molecule is CC1CN(c2nc3ccccc3nc2N(C)CC(C)C(=O)O)CC(C)O1. The van der Waals surface area contributed by atoms with Gasteiger partial charge in [0.25, 0.3) is 0 Å². The molecular weight excluding hydrogens is 332 g/mol. The number of anilines is 2. The summed E-state index contributed by atoms with van der Waals surface area (Å²) in [7, 11) is 1.87. The second-order valence-electron chi connectivity index (χ2n) is 7.14. The summed E-state index contributed by atoms with van der Waals surface area (Å²) in [6.07, 6.45) is 0.200. The molecule has 1 saturated heterocycles. The number of rotatable bonds is 5. The number of hydrogen-bond donors (Lipinski definition) is 1. The Morgan fingerprint density at radius 2 is 1.85 bits per heavy atom. The molecule has 1 fully saturated rings. The topological polar surface area (TPSA) is 78.8 Å². The van der Waals surface area contributed by atoms with Crippen molar-refractivity contribution in [2.45, 2.75) is 33.0 Å². The Hall–Kier alpha value is -2.41. The van der Waals surface area contributed by atoms with Crippen LogP contribution in [0.15, 0.2) is 24.3 Å². The Kier molecular flexibility index (Phi) is 5.27. The molecule has 1 N–H and O–H groups in total. The molecule has 140 valence electrons. The zero-order valence-electron chi connectivity index (χ0n) is 15.7. The number of nitrogens with zero attached hydrogens (tertiary/aromatic N) is 4. The van der Waals surface area contributed by atoms with Crippen molar-refractivity contribution in [1.29, 1.82) is 0 Å². The Labute approximate surface area is 153 Å². The van der Waals surface area contributed by atoms with Gasteiger partial charge in [-0.15, -0.1) is 0 Å². The molecule has 0 bridgehead atoms. The van der Waals surface area contributed by atoms with Crippen molar-refractivity contribution in [2.24, 2.45) is 5.92 Å². The number of benzene rings is 1. The van der Waals surface area contributed by atoms with E-state index in [1.54, 1.807) is 6.92 Å². The molecular formula is C19H26N4O3. The maximum absolute atomic E-state index is 11.3. The van der Waals surface area contributed by atoms with Crippen molar-refractivity contribution >= 4 is 28.6 Å². The van der Waals surface area contributed by atoms with E-state index in [9.17, 15) is 9.90 Å². The van der Waals surface area contributed by atoms with Gasteiger partial charge in [0.2, 0.25) is 0 Å². The van der Waals surface area contributed by atoms with Crippen LogP contribution in [-0.4, -0.2) is 59.9 Å². The number of para-hydroxylation sites is 2. The van der Waals surface area contributed by atoms with Crippen LogP contribution in [0.3, 0.4) is 0 Å². The molecule has 0 spiro atoms. The Morgan fingerprint density at radius 1 is 1.27 bits per heavy atom. The minimum Gasteiger partial charge on any atom is -0.481 e. The van der Waals surface area contributed by atoms with Crippen molar-refractivity contribution < 1.29 is 14.6 Å². The van der Waals surface area contributed by atoms with E-state index in [4.69, 9.17) is 14.7 Å². The second-order valence-corrected chi connectivity index (χ2v) is 7.14. The van der Waals surface area contributed by atoms with Gasteiger partial charge in [-0.05, 0) is 26.0 Å². The number of carboxylic acid groups (broad SMARTS) is 1. The van der Waals surface area contributed by atoms with Gasteiger partial charge in [0.05, 0.1) is 29.2 Å². The number of ether oxygens (including phenoxy) is 1. The molecule has 0 radical (unpaired) electrons. The van der Waals surface area contributed by atoms with Crippen molar-refractivity contribution in [3.05, 3.63) is 24.3 Å². The Morgan fingerprint density at radius 3 is 2.42 bits per heavy atom. The van der Waals surface area contributed by atoms with Gasteiger partial charge in [-0.3, -0.25) is 4.79 Å². The molecule has 1 aliphatic rings. The van der Waals surface area contributed by atoms with E-state index in [1.807, 2.05) is 50.1 Å². The van der Waals surface area contributed by atoms with Crippen LogP contribution in [0.1, 0.15) is 20.8 Å². The van der Waals surface area contributed by atoms with Crippen LogP contribution < -0.4 is 9.80 Å². The molecule has 1 aliphatic heterocycles. The van der Waals surface area contributed by atoms with Gasteiger partial charge in [-0.25, -0.2) is 9.97 Å². The fourth-order valence-electron chi connectivity index (χ4n) is 3.38. The predicted octanol–water partition coefficient (Wildman–Crippen LogP) is 2.40. The van der Waals surface area contributed by atoms with Gasteiger partial charge in [0, 0.05) is 26.7 Å². The molecule has 2 heterocycles. The molecule has 0 saturated carbocycles. The summed E-state index contributed by atoms with van der Waals surface area (Å²) in [5.41, 5.74) is 1.63. The van der Waals surface area contributed by atoms with Gasteiger partial charge in [-0.1, -0.05) is 19.1 Å². The smallest absolute Gasteiger partial charge is 0.308 e. The van der Waals surface area contributed by atoms with Gasteiger partial charge in [0.15, 0.2) is 11.6 Å². The first-order valence-electron chi connectivity index (χ1n) is 8.96. The molecule has 3 atom stereocenters. The zero-order chi connectivity index (χ0) is 18.8. The lowest BCUT2D eigenvalue weighted by Gasteiger charge is -2.37. The number of fused-ring (bicyclic) bond motifs is 1. The van der Waals surface area contributed by atoms with Gasteiger partial charge >= 0.3 is 5.97 Å². The summed E-state index contributed by atoms with van der Waals surface area (Å²) < 4.78 is 5.84. The first-order valence-corrected chi connectivity index (χ1v) is 8.96. The highest BCUT2D eigenvalue weighted by Gasteiger charge is 2.28. The van der Waals surface area contributed by atoms with Crippen LogP contribution in [0.4, 0.5) is 11.6 Å². The fraction of sp³-hybridized carbons (Fsp3) is 0.526. The molecule has 1 aromatic carbocycles. The van der Waals surface area contributed by atoms with E-state index in [2.05, 4.69) is 4.90 Å². The van der Waals surface area contributed by atoms with Crippen LogP contribution in [0.5, 0.6) is 0 Å². The molecule has 3 rings (SSSR count). The van der Waals surface area contributed by atoms with Gasteiger partial charge in [-0.2, -0.15) is 0 Å². The second kappa shape index (κ2) is 7.45. The molecule has 0 amide bonds. The number of aliphatic carboxylic acids is 1. The highest BCUT2D eigenvalue weighted by atomic mass is 16.5. The molecule has 1 aromatic heterocycles.